The highest BCUT2D eigenvalue weighted by Crippen LogP contribution is 2.24. The van der Waals surface area contributed by atoms with Crippen molar-refractivity contribution in [2.24, 2.45) is 12.0 Å². The number of carbonyl (C=O) groups excluding carboxylic acids is 1. The molecule has 0 spiro atoms. The minimum atomic E-state index is -0.397. The predicted molar refractivity (Wildman–Crippen MR) is 107 cm³/mol. The molecular formula is C19H24N4O4S. The molecule has 3 aromatic rings. The minimum absolute atomic E-state index is 0.261. The third-order valence-electron chi connectivity index (χ3n) is 4.04. The monoisotopic (exact) mass is 404 g/mol. The Kier molecular flexibility index (Phi) is 6.48. The zero-order chi connectivity index (χ0) is 20.1. The van der Waals surface area contributed by atoms with Crippen LogP contribution in [0.5, 0.6) is 11.6 Å². The molecule has 0 aliphatic rings. The van der Waals surface area contributed by atoms with Gasteiger partial charge in [0.05, 0.1) is 30.5 Å². The molecule has 150 valence electrons. The fraction of sp³-hybridized carbons (Fsp3) is 0.421. The van der Waals surface area contributed by atoms with Gasteiger partial charge in [-0.3, -0.25) is 9.48 Å². The van der Waals surface area contributed by atoms with Crippen LogP contribution in [0.25, 0.3) is 10.2 Å². The van der Waals surface area contributed by atoms with Gasteiger partial charge in [-0.15, -0.1) is 5.10 Å². The zero-order valence-corrected chi connectivity index (χ0v) is 17.3. The fourth-order valence-electron chi connectivity index (χ4n) is 2.82. The molecule has 28 heavy (non-hydrogen) atoms. The van der Waals surface area contributed by atoms with E-state index in [1.54, 1.807) is 13.2 Å². The number of fused-ring (bicyclic) bond motifs is 1. The molecule has 3 rings (SSSR count). The number of aromatic nitrogens is 3. The summed E-state index contributed by atoms with van der Waals surface area (Å²) in [6.45, 7) is 6.26. The van der Waals surface area contributed by atoms with Gasteiger partial charge < -0.3 is 18.8 Å². The van der Waals surface area contributed by atoms with Gasteiger partial charge in [0.2, 0.25) is 5.88 Å². The number of amides is 1. The summed E-state index contributed by atoms with van der Waals surface area (Å²) < 4.78 is 20.8. The first kappa shape index (κ1) is 20.1. The van der Waals surface area contributed by atoms with Crippen LogP contribution < -0.4 is 14.3 Å². The second kappa shape index (κ2) is 9.03. The summed E-state index contributed by atoms with van der Waals surface area (Å²) in [5.74, 6) is 0.656. The van der Waals surface area contributed by atoms with E-state index in [1.165, 1.54) is 23.1 Å². The van der Waals surface area contributed by atoms with Crippen molar-refractivity contribution in [3.63, 3.8) is 0 Å². The van der Waals surface area contributed by atoms with Gasteiger partial charge in [-0.25, -0.2) is 0 Å². The van der Waals surface area contributed by atoms with Crippen molar-refractivity contribution in [2.45, 2.75) is 20.4 Å². The Morgan fingerprint density at radius 3 is 2.82 bits per heavy atom. The lowest BCUT2D eigenvalue weighted by Crippen LogP contribution is -2.19. The molecule has 0 fully saturated rings. The van der Waals surface area contributed by atoms with E-state index in [4.69, 9.17) is 14.2 Å². The molecule has 0 unspecified atom stereocenters. The van der Waals surface area contributed by atoms with Crippen LogP contribution in [0.15, 0.2) is 29.4 Å². The standard InChI is InChI=1S/C19H24N4O4S/c1-5-26-10-9-23-15-8-7-13(27-6-2)11-16(15)28-19(23)20-17(24)14-12-22(3)21-18(14)25-4/h7-8,11-12H,5-6,9-10H2,1-4H3. The highest BCUT2D eigenvalue weighted by molar-refractivity contribution is 7.16. The first-order chi connectivity index (χ1) is 13.6. The predicted octanol–water partition coefficient (Wildman–Crippen LogP) is 2.62. The number of thiazole rings is 1. The van der Waals surface area contributed by atoms with Crippen molar-refractivity contribution in [1.29, 1.82) is 0 Å². The number of nitrogens with zero attached hydrogens (tertiary/aromatic N) is 4. The minimum Gasteiger partial charge on any atom is -0.494 e. The van der Waals surface area contributed by atoms with E-state index >= 15 is 0 Å². The molecule has 1 aromatic carbocycles. The van der Waals surface area contributed by atoms with Gasteiger partial charge >= 0.3 is 0 Å². The number of carbonyl (C=O) groups is 1. The highest BCUT2D eigenvalue weighted by Gasteiger charge is 2.17. The van der Waals surface area contributed by atoms with Gasteiger partial charge in [0.1, 0.15) is 11.3 Å². The molecular weight excluding hydrogens is 380 g/mol. The van der Waals surface area contributed by atoms with E-state index in [9.17, 15) is 4.79 Å². The highest BCUT2D eigenvalue weighted by atomic mass is 32.1. The van der Waals surface area contributed by atoms with E-state index in [1.807, 2.05) is 36.6 Å². The van der Waals surface area contributed by atoms with Crippen LogP contribution in [0.2, 0.25) is 0 Å². The molecule has 1 amide bonds. The largest absolute Gasteiger partial charge is 0.494 e. The lowest BCUT2D eigenvalue weighted by Gasteiger charge is -2.06. The molecule has 0 atom stereocenters. The quantitative estimate of drug-likeness (QED) is 0.539. The number of aryl methyl sites for hydroxylation is 1. The van der Waals surface area contributed by atoms with Crippen LogP contribution in [0, 0.1) is 0 Å². The maximum absolute atomic E-state index is 12.8. The Bertz CT molecular complexity index is 1030. The molecule has 9 heteroatoms. The van der Waals surface area contributed by atoms with Gasteiger partial charge in [-0.1, -0.05) is 11.3 Å². The summed E-state index contributed by atoms with van der Waals surface area (Å²) in [6.07, 6.45) is 1.61. The van der Waals surface area contributed by atoms with E-state index in [0.717, 1.165) is 16.0 Å². The van der Waals surface area contributed by atoms with Crippen LogP contribution in [-0.4, -0.2) is 47.2 Å². The van der Waals surface area contributed by atoms with Crippen molar-refractivity contribution in [3.8, 4) is 11.6 Å². The second-order valence-electron chi connectivity index (χ2n) is 5.94. The summed E-state index contributed by atoms with van der Waals surface area (Å²) in [5.41, 5.74) is 1.31. The second-order valence-corrected chi connectivity index (χ2v) is 6.95. The summed E-state index contributed by atoms with van der Waals surface area (Å²) in [4.78, 5) is 17.7. The van der Waals surface area contributed by atoms with E-state index in [2.05, 4.69) is 10.1 Å². The molecule has 0 aliphatic carbocycles. The number of hydrogen-bond donors (Lipinski definition) is 0. The molecule has 0 N–H and O–H groups in total. The third-order valence-corrected chi connectivity index (χ3v) is 5.09. The Balaban J connectivity index is 2.07. The number of rotatable bonds is 8. The number of hydrogen-bond acceptors (Lipinski definition) is 6. The lowest BCUT2D eigenvalue weighted by atomic mass is 10.3. The van der Waals surface area contributed by atoms with Crippen LogP contribution in [0.3, 0.4) is 0 Å². The molecule has 0 aliphatic heterocycles. The Morgan fingerprint density at radius 2 is 2.11 bits per heavy atom. The first-order valence-electron chi connectivity index (χ1n) is 9.08. The molecule has 0 saturated carbocycles. The summed E-state index contributed by atoms with van der Waals surface area (Å²) >= 11 is 1.44. The smallest absolute Gasteiger partial charge is 0.286 e. The Morgan fingerprint density at radius 1 is 1.29 bits per heavy atom. The van der Waals surface area contributed by atoms with Crippen molar-refractivity contribution < 1.29 is 19.0 Å². The van der Waals surface area contributed by atoms with Gasteiger partial charge in [0.15, 0.2) is 4.80 Å². The van der Waals surface area contributed by atoms with Crippen LogP contribution in [0.1, 0.15) is 24.2 Å². The average Bonchev–Trinajstić information content (AvgIpc) is 3.22. The number of ether oxygens (including phenoxy) is 3. The summed E-state index contributed by atoms with van der Waals surface area (Å²) in [6, 6.07) is 5.87. The molecule has 0 saturated heterocycles. The van der Waals surface area contributed by atoms with Crippen molar-refractivity contribution >= 4 is 27.5 Å². The molecule has 0 bridgehead atoms. The van der Waals surface area contributed by atoms with Crippen molar-refractivity contribution in [2.75, 3.05) is 26.9 Å². The summed E-state index contributed by atoms with van der Waals surface area (Å²) in [7, 11) is 3.21. The van der Waals surface area contributed by atoms with Gasteiger partial charge in [0, 0.05) is 26.4 Å². The van der Waals surface area contributed by atoms with Crippen molar-refractivity contribution in [1.82, 2.24) is 14.3 Å². The Hall–Kier alpha value is -2.65. The van der Waals surface area contributed by atoms with Gasteiger partial charge in [0.25, 0.3) is 5.91 Å². The third kappa shape index (κ3) is 4.26. The first-order valence-corrected chi connectivity index (χ1v) is 9.89. The molecule has 0 radical (unpaired) electrons. The van der Waals surface area contributed by atoms with Crippen LogP contribution in [-0.2, 0) is 18.3 Å². The van der Waals surface area contributed by atoms with E-state index in [0.29, 0.717) is 36.7 Å². The lowest BCUT2D eigenvalue weighted by molar-refractivity contribution is 0.0993. The summed E-state index contributed by atoms with van der Waals surface area (Å²) in [5, 5.41) is 4.12. The normalized spacial score (nSPS) is 11.9. The maximum atomic E-state index is 12.8. The van der Waals surface area contributed by atoms with Crippen molar-refractivity contribution in [3.05, 3.63) is 34.8 Å². The molecule has 2 heterocycles. The van der Waals surface area contributed by atoms with Crippen LogP contribution in [0.4, 0.5) is 0 Å². The number of methoxy groups -OCH3 is 1. The number of benzene rings is 1. The average molecular weight is 404 g/mol. The SMILES string of the molecule is CCOCCn1c(=NC(=O)c2cn(C)nc2OC)sc2cc(OCC)ccc21. The van der Waals surface area contributed by atoms with Gasteiger partial charge in [-0.2, -0.15) is 4.99 Å². The van der Waals surface area contributed by atoms with Crippen LogP contribution >= 0.6 is 11.3 Å². The van der Waals surface area contributed by atoms with E-state index in [-0.39, 0.29) is 5.88 Å². The molecule has 2 aromatic heterocycles. The molecule has 8 nitrogen and oxygen atoms in total. The maximum Gasteiger partial charge on any atom is 0.286 e. The Labute approximate surface area is 167 Å². The zero-order valence-electron chi connectivity index (χ0n) is 16.5. The van der Waals surface area contributed by atoms with Gasteiger partial charge in [-0.05, 0) is 32.0 Å². The topological polar surface area (TPSA) is 79.9 Å². The fourth-order valence-corrected chi connectivity index (χ4v) is 3.91. The van der Waals surface area contributed by atoms with E-state index < -0.39 is 5.91 Å².